The molecule has 64 valence electrons. The molecule has 0 aromatic rings. The molecule has 0 amide bonds. The summed E-state index contributed by atoms with van der Waals surface area (Å²) in [6.45, 7) is 6.97. The predicted octanol–water partition coefficient (Wildman–Crippen LogP) is 1.50. The second-order valence-corrected chi connectivity index (χ2v) is 3.75. The molecule has 1 aliphatic rings. The first-order valence-corrected chi connectivity index (χ1v) is 4.05. The molecule has 0 saturated carbocycles. The molecule has 1 aliphatic heterocycles. The Morgan fingerprint density at radius 3 is 2.64 bits per heavy atom. The maximum Gasteiger partial charge on any atom is 0.120 e. The van der Waals surface area contributed by atoms with Crippen LogP contribution in [-0.4, -0.2) is 18.0 Å². The number of nitrogens with one attached hydrogen (secondary N) is 1. The van der Waals surface area contributed by atoms with Crippen molar-refractivity contribution in [3.63, 3.8) is 0 Å². The van der Waals surface area contributed by atoms with Crippen molar-refractivity contribution in [2.45, 2.75) is 39.2 Å². The number of hydroxylamine groups is 1. The van der Waals surface area contributed by atoms with Gasteiger partial charge in [0.15, 0.2) is 0 Å². The van der Waals surface area contributed by atoms with Gasteiger partial charge in [0.2, 0.25) is 0 Å². The summed E-state index contributed by atoms with van der Waals surface area (Å²) in [4.78, 5) is 9.55. The number of rotatable bonds is 1. The van der Waals surface area contributed by atoms with E-state index in [0.717, 1.165) is 25.2 Å². The van der Waals surface area contributed by atoms with Gasteiger partial charge in [0.25, 0.3) is 0 Å². The van der Waals surface area contributed by atoms with Crippen molar-refractivity contribution < 1.29 is 4.84 Å². The van der Waals surface area contributed by atoms with E-state index in [1.54, 1.807) is 0 Å². The van der Waals surface area contributed by atoms with Crippen molar-refractivity contribution >= 4 is 5.84 Å². The zero-order valence-electron chi connectivity index (χ0n) is 7.48. The number of hydrogen-bond acceptors (Lipinski definition) is 3. The maximum atomic E-state index is 5.33. The summed E-state index contributed by atoms with van der Waals surface area (Å²) in [5.74, 6) is 0.986. The Morgan fingerprint density at radius 1 is 1.45 bits per heavy atom. The second-order valence-electron chi connectivity index (χ2n) is 3.75. The molecule has 0 aromatic carbocycles. The molecule has 0 spiro atoms. The standard InChI is InChI=1S/C8H16N2O/c1-8(2,3)11-10-7-5-4-6-9-7/h4-6H2,1-3H3,(H,9,10). The lowest BCUT2D eigenvalue weighted by Gasteiger charge is -2.19. The third kappa shape index (κ3) is 3.37. The van der Waals surface area contributed by atoms with Crippen LogP contribution >= 0.6 is 0 Å². The Labute approximate surface area is 67.8 Å². The molecule has 1 N–H and O–H groups in total. The Morgan fingerprint density at radius 2 is 2.18 bits per heavy atom. The van der Waals surface area contributed by atoms with Gasteiger partial charge in [-0.1, -0.05) is 0 Å². The van der Waals surface area contributed by atoms with E-state index in [2.05, 4.69) is 10.5 Å². The molecule has 0 aliphatic carbocycles. The average Bonchev–Trinajstić information content (AvgIpc) is 2.32. The van der Waals surface area contributed by atoms with E-state index < -0.39 is 0 Å². The Hall–Kier alpha value is -0.570. The van der Waals surface area contributed by atoms with Crippen molar-refractivity contribution in [2.24, 2.45) is 4.99 Å². The van der Waals surface area contributed by atoms with Crippen LogP contribution in [0.25, 0.3) is 0 Å². The van der Waals surface area contributed by atoms with Crippen molar-refractivity contribution in [2.75, 3.05) is 6.54 Å². The molecule has 11 heavy (non-hydrogen) atoms. The highest BCUT2D eigenvalue weighted by Gasteiger charge is 2.13. The summed E-state index contributed by atoms with van der Waals surface area (Å²) >= 11 is 0. The average molecular weight is 156 g/mol. The van der Waals surface area contributed by atoms with Gasteiger partial charge in [-0.05, 0) is 27.2 Å². The normalized spacial score (nSPS) is 18.3. The summed E-state index contributed by atoms with van der Waals surface area (Å²) in [6, 6.07) is 0. The highest BCUT2D eigenvalue weighted by Crippen LogP contribution is 2.06. The largest absolute Gasteiger partial charge is 0.271 e. The summed E-state index contributed by atoms with van der Waals surface area (Å²) in [7, 11) is 0. The number of amidine groups is 1. The lowest BCUT2D eigenvalue weighted by Crippen LogP contribution is -2.32. The summed E-state index contributed by atoms with van der Waals surface area (Å²) in [5.41, 5.74) is 2.74. The summed E-state index contributed by atoms with van der Waals surface area (Å²) in [5, 5.41) is 0. The molecule has 0 unspecified atom stereocenters. The molecular formula is C8H16N2O. The summed E-state index contributed by atoms with van der Waals surface area (Å²) in [6.07, 6.45) is 2.17. The van der Waals surface area contributed by atoms with Crippen LogP contribution in [0.3, 0.4) is 0 Å². The van der Waals surface area contributed by atoms with E-state index in [4.69, 9.17) is 4.84 Å². The topological polar surface area (TPSA) is 33.6 Å². The zero-order chi connectivity index (χ0) is 8.32. The molecular weight excluding hydrogens is 140 g/mol. The van der Waals surface area contributed by atoms with Gasteiger partial charge in [-0.3, -0.25) is 15.3 Å². The van der Waals surface area contributed by atoms with Crippen molar-refractivity contribution in [1.82, 2.24) is 5.48 Å². The molecule has 3 heteroatoms. The van der Waals surface area contributed by atoms with Crippen LogP contribution in [0.15, 0.2) is 4.99 Å². The van der Waals surface area contributed by atoms with E-state index in [0.29, 0.717) is 0 Å². The zero-order valence-corrected chi connectivity index (χ0v) is 7.48. The predicted molar refractivity (Wildman–Crippen MR) is 45.5 cm³/mol. The highest BCUT2D eigenvalue weighted by molar-refractivity contribution is 5.82. The molecule has 3 nitrogen and oxygen atoms in total. The van der Waals surface area contributed by atoms with Gasteiger partial charge in [0, 0.05) is 13.0 Å². The van der Waals surface area contributed by atoms with Crippen LogP contribution in [0.5, 0.6) is 0 Å². The third-order valence-electron chi connectivity index (χ3n) is 1.35. The number of aliphatic imine (C=N–C) groups is 1. The van der Waals surface area contributed by atoms with Gasteiger partial charge >= 0.3 is 0 Å². The molecule has 0 bridgehead atoms. The van der Waals surface area contributed by atoms with Crippen LogP contribution in [0.1, 0.15) is 33.6 Å². The second kappa shape index (κ2) is 3.22. The molecule has 0 fully saturated rings. The van der Waals surface area contributed by atoms with Crippen molar-refractivity contribution in [1.29, 1.82) is 0 Å². The Bertz CT molecular complexity index is 158. The molecule has 0 saturated heterocycles. The third-order valence-corrected chi connectivity index (χ3v) is 1.35. The lowest BCUT2D eigenvalue weighted by molar-refractivity contribution is -0.0430. The van der Waals surface area contributed by atoms with Crippen molar-refractivity contribution in [3.8, 4) is 0 Å². The summed E-state index contributed by atoms with van der Waals surface area (Å²) < 4.78 is 0. The van der Waals surface area contributed by atoms with Gasteiger partial charge in [-0.25, -0.2) is 0 Å². The first kappa shape index (κ1) is 8.53. The minimum absolute atomic E-state index is 0.134. The fourth-order valence-electron chi connectivity index (χ4n) is 0.835. The molecule has 1 heterocycles. The number of nitrogens with zero attached hydrogens (tertiary/aromatic N) is 1. The van der Waals surface area contributed by atoms with Crippen LogP contribution in [0, 0.1) is 0 Å². The van der Waals surface area contributed by atoms with E-state index in [1.807, 2.05) is 20.8 Å². The Balaban J connectivity index is 2.22. The monoisotopic (exact) mass is 156 g/mol. The van der Waals surface area contributed by atoms with Crippen LogP contribution in [-0.2, 0) is 4.84 Å². The minimum atomic E-state index is -0.134. The van der Waals surface area contributed by atoms with Crippen LogP contribution in [0.2, 0.25) is 0 Å². The fourth-order valence-corrected chi connectivity index (χ4v) is 0.835. The van der Waals surface area contributed by atoms with Gasteiger partial charge in [0.05, 0.1) is 5.60 Å². The molecule has 1 rings (SSSR count). The van der Waals surface area contributed by atoms with Crippen molar-refractivity contribution in [3.05, 3.63) is 0 Å². The van der Waals surface area contributed by atoms with Gasteiger partial charge in [-0.15, -0.1) is 0 Å². The minimum Gasteiger partial charge on any atom is -0.271 e. The number of hydrogen-bond donors (Lipinski definition) is 1. The van der Waals surface area contributed by atoms with Gasteiger partial charge in [0.1, 0.15) is 5.84 Å². The van der Waals surface area contributed by atoms with Crippen LogP contribution in [0.4, 0.5) is 0 Å². The Kier molecular flexibility index (Phi) is 2.49. The molecule has 0 atom stereocenters. The first-order valence-electron chi connectivity index (χ1n) is 4.05. The van der Waals surface area contributed by atoms with E-state index >= 15 is 0 Å². The molecule has 0 aromatic heterocycles. The van der Waals surface area contributed by atoms with Crippen LogP contribution < -0.4 is 5.48 Å². The SMILES string of the molecule is CC(C)(C)ONC1=NCCC1. The highest BCUT2D eigenvalue weighted by atomic mass is 16.7. The van der Waals surface area contributed by atoms with E-state index in [-0.39, 0.29) is 5.60 Å². The van der Waals surface area contributed by atoms with E-state index in [1.165, 1.54) is 0 Å². The lowest BCUT2D eigenvalue weighted by atomic mass is 10.2. The van der Waals surface area contributed by atoms with Gasteiger partial charge in [-0.2, -0.15) is 0 Å². The van der Waals surface area contributed by atoms with E-state index in [9.17, 15) is 0 Å². The van der Waals surface area contributed by atoms with Gasteiger partial charge < -0.3 is 0 Å². The smallest absolute Gasteiger partial charge is 0.120 e. The maximum absolute atomic E-state index is 5.33. The first-order chi connectivity index (χ1) is 5.08. The molecule has 0 radical (unpaired) electrons. The fraction of sp³-hybridized carbons (Fsp3) is 0.875. The quantitative estimate of drug-likeness (QED) is 0.584.